The zero-order chi connectivity index (χ0) is 13.0. The highest BCUT2D eigenvalue weighted by atomic mass is 35.5. The summed E-state index contributed by atoms with van der Waals surface area (Å²) in [5.41, 5.74) is 0.462. The molecule has 0 aliphatic heterocycles. The van der Waals surface area contributed by atoms with Gasteiger partial charge in [-0.15, -0.1) is 0 Å². The standard InChI is InChI=1S/C13H15ClN2O2/c1-17-10-3-2-4-11(7-10)18-13-6-9(8-15)5-12(14)16-13/h5-6,10-11H,2-4,7H2,1H3. The minimum Gasteiger partial charge on any atom is -0.474 e. The topological polar surface area (TPSA) is 55.1 Å². The van der Waals surface area contributed by atoms with Gasteiger partial charge in [0.25, 0.3) is 0 Å². The quantitative estimate of drug-likeness (QED) is 0.790. The van der Waals surface area contributed by atoms with Crippen molar-refractivity contribution in [2.24, 2.45) is 0 Å². The Morgan fingerprint density at radius 3 is 2.89 bits per heavy atom. The van der Waals surface area contributed by atoms with Crippen molar-refractivity contribution in [3.05, 3.63) is 22.8 Å². The molecular weight excluding hydrogens is 252 g/mol. The molecule has 96 valence electrons. The van der Waals surface area contributed by atoms with Crippen LogP contribution in [-0.4, -0.2) is 24.3 Å². The van der Waals surface area contributed by atoms with Crippen molar-refractivity contribution in [1.29, 1.82) is 5.26 Å². The monoisotopic (exact) mass is 266 g/mol. The molecule has 4 nitrogen and oxygen atoms in total. The van der Waals surface area contributed by atoms with Crippen LogP contribution in [0.15, 0.2) is 12.1 Å². The molecule has 1 aromatic rings. The minimum absolute atomic E-state index is 0.0845. The first-order valence-corrected chi connectivity index (χ1v) is 6.36. The number of hydrogen-bond donors (Lipinski definition) is 0. The van der Waals surface area contributed by atoms with Gasteiger partial charge in [0.05, 0.1) is 17.7 Å². The molecule has 1 aliphatic rings. The molecule has 5 heteroatoms. The maximum Gasteiger partial charge on any atom is 0.216 e. The Morgan fingerprint density at radius 1 is 1.39 bits per heavy atom. The molecule has 1 aliphatic carbocycles. The third-order valence-corrected chi connectivity index (χ3v) is 3.29. The first-order valence-electron chi connectivity index (χ1n) is 5.98. The van der Waals surface area contributed by atoms with E-state index in [4.69, 9.17) is 26.3 Å². The summed E-state index contributed by atoms with van der Waals surface area (Å²) in [5.74, 6) is 0.417. The zero-order valence-corrected chi connectivity index (χ0v) is 11.0. The molecule has 18 heavy (non-hydrogen) atoms. The molecule has 2 atom stereocenters. The Bertz CT molecular complexity index is 459. The summed E-state index contributed by atoms with van der Waals surface area (Å²) in [6.45, 7) is 0. The number of methoxy groups -OCH3 is 1. The number of halogens is 1. The Morgan fingerprint density at radius 2 is 2.17 bits per heavy atom. The molecule has 0 radical (unpaired) electrons. The van der Waals surface area contributed by atoms with Crippen LogP contribution in [0.2, 0.25) is 5.15 Å². The maximum absolute atomic E-state index is 8.86. The molecular formula is C13H15ClN2O2. The Hall–Kier alpha value is -1.31. The summed E-state index contributed by atoms with van der Waals surface area (Å²) in [4.78, 5) is 4.08. The van der Waals surface area contributed by atoms with Gasteiger partial charge in [-0.25, -0.2) is 4.98 Å². The zero-order valence-electron chi connectivity index (χ0n) is 10.2. The fourth-order valence-electron chi connectivity index (χ4n) is 2.19. The molecule has 1 heterocycles. The largest absolute Gasteiger partial charge is 0.474 e. The van der Waals surface area contributed by atoms with E-state index < -0.39 is 0 Å². The third kappa shape index (κ3) is 3.34. The van der Waals surface area contributed by atoms with Crippen LogP contribution in [0.5, 0.6) is 5.88 Å². The number of nitriles is 1. The van der Waals surface area contributed by atoms with Gasteiger partial charge in [-0.3, -0.25) is 0 Å². The average molecular weight is 267 g/mol. The van der Waals surface area contributed by atoms with Gasteiger partial charge in [0, 0.05) is 19.6 Å². The number of nitrogens with zero attached hydrogens (tertiary/aromatic N) is 2. The molecule has 0 amide bonds. The lowest BCUT2D eigenvalue weighted by Gasteiger charge is -2.28. The van der Waals surface area contributed by atoms with Gasteiger partial charge in [0.2, 0.25) is 5.88 Å². The van der Waals surface area contributed by atoms with E-state index in [9.17, 15) is 0 Å². The molecule has 2 unspecified atom stereocenters. The summed E-state index contributed by atoms with van der Waals surface area (Å²) >= 11 is 5.84. The molecule has 0 spiro atoms. The van der Waals surface area contributed by atoms with E-state index in [1.165, 1.54) is 6.07 Å². The van der Waals surface area contributed by atoms with Crippen LogP contribution in [0.25, 0.3) is 0 Å². The predicted octanol–water partition coefficient (Wildman–Crippen LogP) is 2.94. The van der Waals surface area contributed by atoms with E-state index in [0.717, 1.165) is 25.7 Å². The molecule has 0 aromatic carbocycles. The van der Waals surface area contributed by atoms with Crippen LogP contribution in [0.3, 0.4) is 0 Å². The van der Waals surface area contributed by atoms with Crippen LogP contribution >= 0.6 is 11.6 Å². The van der Waals surface area contributed by atoms with E-state index in [1.54, 1.807) is 13.2 Å². The van der Waals surface area contributed by atoms with Crippen LogP contribution in [-0.2, 0) is 4.74 Å². The second kappa shape index (κ2) is 6.03. The van der Waals surface area contributed by atoms with E-state index in [0.29, 0.717) is 11.4 Å². The van der Waals surface area contributed by atoms with Crippen molar-refractivity contribution >= 4 is 11.6 Å². The van der Waals surface area contributed by atoms with E-state index >= 15 is 0 Å². The molecule has 2 rings (SSSR count). The van der Waals surface area contributed by atoms with Gasteiger partial charge in [0.1, 0.15) is 11.3 Å². The van der Waals surface area contributed by atoms with Crippen molar-refractivity contribution in [3.63, 3.8) is 0 Å². The van der Waals surface area contributed by atoms with Crippen LogP contribution in [0.4, 0.5) is 0 Å². The summed E-state index contributed by atoms with van der Waals surface area (Å²) in [7, 11) is 1.72. The van der Waals surface area contributed by atoms with Crippen molar-refractivity contribution in [3.8, 4) is 11.9 Å². The van der Waals surface area contributed by atoms with Crippen molar-refractivity contribution in [2.45, 2.75) is 37.9 Å². The van der Waals surface area contributed by atoms with Gasteiger partial charge in [-0.2, -0.15) is 5.26 Å². The second-order valence-corrected chi connectivity index (χ2v) is 4.78. The lowest BCUT2D eigenvalue weighted by Crippen LogP contribution is -2.29. The number of ether oxygens (including phenoxy) is 2. The number of pyridine rings is 1. The smallest absolute Gasteiger partial charge is 0.216 e. The molecule has 1 saturated carbocycles. The molecule has 1 fully saturated rings. The molecule has 1 aromatic heterocycles. The summed E-state index contributed by atoms with van der Waals surface area (Å²) in [6.07, 6.45) is 4.32. The van der Waals surface area contributed by atoms with Gasteiger partial charge in [0.15, 0.2) is 0 Å². The van der Waals surface area contributed by atoms with Gasteiger partial charge in [-0.05, 0) is 25.3 Å². The summed E-state index contributed by atoms with van der Waals surface area (Å²) < 4.78 is 11.1. The fraction of sp³-hybridized carbons (Fsp3) is 0.538. The normalized spacial score (nSPS) is 23.4. The summed E-state index contributed by atoms with van der Waals surface area (Å²) in [6, 6.07) is 5.17. The van der Waals surface area contributed by atoms with Gasteiger partial charge in [-0.1, -0.05) is 11.6 Å². The third-order valence-electron chi connectivity index (χ3n) is 3.10. The van der Waals surface area contributed by atoms with Crippen LogP contribution in [0, 0.1) is 11.3 Å². The fourth-order valence-corrected chi connectivity index (χ4v) is 2.39. The highest BCUT2D eigenvalue weighted by Gasteiger charge is 2.23. The first kappa shape index (κ1) is 13.1. The minimum atomic E-state index is 0.0845. The molecule has 0 N–H and O–H groups in total. The first-order chi connectivity index (χ1) is 8.71. The lowest BCUT2D eigenvalue weighted by molar-refractivity contribution is 0.0195. The maximum atomic E-state index is 8.86. The summed E-state index contributed by atoms with van der Waals surface area (Å²) in [5, 5.41) is 9.14. The van der Waals surface area contributed by atoms with E-state index in [1.807, 2.05) is 6.07 Å². The second-order valence-electron chi connectivity index (χ2n) is 4.39. The Kier molecular flexibility index (Phi) is 4.40. The van der Waals surface area contributed by atoms with Crippen LogP contribution < -0.4 is 4.74 Å². The number of hydrogen-bond acceptors (Lipinski definition) is 4. The number of aromatic nitrogens is 1. The lowest BCUT2D eigenvalue weighted by atomic mass is 9.95. The average Bonchev–Trinajstić information content (AvgIpc) is 2.38. The van der Waals surface area contributed by atoms with Gasteiger partial charge < -0.3 is 9.47 Å². The predicted molar refractivity (Wildman–Crippen MR) is 67.6 cm³/mol. The Balaban J connectivity index is 2.05. The van der Waals surface area contributed by atoms with Crippen molar-refractivity contribution in [2.75, 3.05) is 7.11 Å². The molecule has 0 bridgehead atoms. The van der Waals surface area contributed by atoms with Gasteiger partial charge >= 0.3 is 0 Å². The van der Waals surface area contributed by atoms with Crippen LogP contribution in [0.1, 0.15) is 31.2 Å². The highest BCUT2D eigenvalue weighted by Crippen LogP contribution is 2.25. The SMILES string of the molecule is COC1CCCC(Oc2cc(C#N)cc(Cl)n2)C1. The van der Waals surface area contributed by atoms with E-state index in [2.05, 4.69) is 4.98 Å². The van der Waals surface area contributed by atoms with Crippen molar-refractivity contribution < 1.29 is 9.47 Å². The van der Waals surface area contributed by atoms with Crippen molar-refractivity contribution in [1.82, 2.24) is 4.98 Å². The van der Waals surface area contributed by atoms with E-state index in [-0.39, 0.29) is 17.4 Å². The Labute approximate surface area is 111 Å². The number of rotatable bonds is 3. The highest BCUT2D eigenvalue weighted by molar-refractivity contribution is 6.29. The molecule has 0 saturated heterocycles.